The summed E-state index contributed by atoms with van der Waals surface area (Å²) in [7, 11) is -3.28. The number of rotatable bonds is 4. The first kappa shape index (κ1) is 20.6. The molecule has 1 N–H and O–H groups in total. The molecule has 0 radical (unpaired) electrons. The lowest BCUT2D eigenvalue weighted by Crippen LogP contribution is -2.39. The van der Waals surface area contributed by atoms with E-state index in [9.17, 15) is 13.5 Å². The Morgan fingerprint density at radius 2 is 1.85 bits per heavy atom. The smallest absolute Gasteiger partial charge is 0.232 e. The fourth-order valence-electron chi connectivity index (χ4n) is 4.67. The van der Waals surface area contributed by atoms with Crippen LogP contribution in [0.15, 0.2) is 18.2 Å². The third-order valence-corrected chi connectivity index (χ3v) is 7.51. The molecule has 0 aromatic heterocycles. The minimum absolute atomic E-state index is 0.0705. The first-order valence-electron chi connectivity index (χ1n) is 9.99. The van der Waals surface area contributed by atoms with Gasteiger partial charge in [0.15, 0.2) is 0 Å². The molecular formula is C21H34N2O3S. The van der Waals surface area contributed by atoms with E-state index in [0.29, 0.717) is 18.4 Å². The molecule has 3 rings (SSSR count). The number of hydrogen-bond acceptors (Lipinski definition) is 4. The molecule has 1 saturated heterocycles. The Labute approximate surface area is 164 Å². The van der Waals surface area contributed by atoms with Crippen molar-refractivity contribution in [3.8, 4) is 0 Å². The molecule has 2 aliphatic heterocycles. The van der Waals surface area contributed by atoms with Crippen LogP contribution in [0.25, 0.3) is 0 Å². The van der Waals surface area contributed by atoms with E-state index in [4.69, 9.17) is 0 Å². The predicted molar refractivity (Wildman–Crippen MR) is 111 cm³/mol. The minimum atomic E-state index is -3.28. The average Bonchev–Trinajstić information content (AvgIpc) is 2.89. The van der Waals surface area contributed by atoms with E-state index in [-0.39, 0.29) is 6.04 Å². The molecule has 1 aromatic rings. The Kier molecular flexibility index (Phi) is 5.63. The van der Waals surface area contributed by atoms with Gasteiger partial charge in [-0.25, -0.2) is 8.42 Å². The van der Waals surface area contributed by atoms with E-state index >= 15 is 0 Å². The predicted octanol–water partition coefficient (Wildman–Crippen LogP) is 3.19. The molecular weight excluding hydrogens is 360 g/mol. The summed E-state index contributed by atoms with van der Waals surface area (Å²) in [5.74, 6) is 0.745. The Morgan fingerprint density at radius 1 is 1.22 bits per heavy atom. The highest BCUT2D eigenvalue weighted by atomic mass is 32.2. The topological polar surface area (TPSA) is 60.9 Å². The molecule has 5 nitrogen and oxygen atoms in total. The molecule has 2 atom stereocenters. The monoisotopic (exact) mass is 394 g/mol. The number of β-amino-alcohol motifs (C(OH)–C–C–N with tert-alkyl or cyclic N) is 1. The molecule has 6 heteroatoms. The summed E-state index contributed by atoms with van der Waals surface area (Å²) in [6.45, 7) is 11.6. The third-order valence-electron chi connectivity index (χ3n) is 6.24. The van der Waals surface area contributed by atoms with Crippen molar-refractivity contribution in [1.82, 2.24) is 4.90 Å². The van der Waals surface area contributed by atoms with Crippen molar-refractivity contribution in [3.63, 3.8) is 0 Å². The maximum absolute atomic E-state index is 12.1. The van der Waals surface area contributed by atoms with Crippen molar-refractivity contribution in [2.75, 3.05) is 30.2 Å². The van der Waals surface area contributed by atoms with Gasteiger partial charge in [-0.05, 0) is 67.8 Å². The lowest BCUT2D eigenvalue weighted by atomic mass is 9.75. The van der Waals surface area contributed by atoms with E-state index < -0.39 is 16.1 Å². The Morgan fingerprint density at radius 3 is 2.41 bits per heavy atom. The molecule has 1 fully saturated rings. The molecule has 0 spiro atoms. The van der Waals surface area contributed by atoms with Crippen molar-refractivity contribution < 1.29 is 13.5 Å². The van der Waals surface area contributed by atoms with E-state index in [1.54, 1.807) is 0 Å². The SMILES string of the molecule is C[C@H]1Cc2cc([C@H](O)CN3CCC(C(C)(C)C)CC3)ccc2N1S(C)(=O)=O. The van der Waals surface area contributed by atoms with Crippen molar-refractivity contribution in [1.29, 1.82) is 0 Å². The number of fused-ring (bicyclic) bond motifs is 1. The summed E-state index contributed by atoms with van der Waals surface area (Å²) >= 11 is 0. The third kappa shape index (κ3) is 4.49. The Balaban J connectivity index is 1.66. The number of aliphatic hydroxyl groups excluding tert-OH is 1. The van der Waals surface area contributed by atoms with Crippen LogP contribution in [0.1, 0.15) is 57.8 Å². The number of likely N-dealkylation sites (tertiary alicyclic amines) is 1. The quantitative estimate of drug-likeness (QED) is 0.852. The second-order valence-corrected chi connectivity index (χ2v) is 11.3. The maximum Gasteiger partial charge on any atom is 0.232 e. The average molecular weight is 395 g/mol. The van der Waals surface area contributed by atoms with Crippen molar-refractivity contribution >= 4 is 15.7 Å². The van der Waals surface area contributed by atoms with Gasteiger partial charge >= 0.3 is 0 Å². The molecule has 0 saturated carbocycles. The molecule has 27 heavy (non-hydrogen) atoms. The van der Waals surface area contributed by atoms with Gasteiger partial charge in [0.25, 0.3) is 0 Å². The standard InChI is InChI=1S/C21H34N2O3S/c1-15-12-17-13-16(6-7-19(17)23(15)27(5,25)26)20(24)14-22-10-8-18(9-11-22)21(2,3)4/h6-7,13,15,18,20,24H,8-12,14H2,1-5H3/t15-,20+/m0/s1. The normalized spacial score (nSPS) is 23.5. The summed E-state index contributed by atoms with van der Waals surface area (Å²) in [6, 6.07) is 5.65. The van der Waals surface area contributed by atoms with Gasteiger partial charge < -0.3 is 10.0 Å². The second-order valence-electron chi connectivity index (χ2n) is 9.46. The van der Waals surface area contributed by atoms with Crippen LogP contribution in [0, 0.1) is 11.3 Å². The maximum atomic E-state index is 12.1. The molecule has 1 aromatic carbocycles. The van der Waals surface area contributed by atoms with Gasteiger partial charge in [-0.2, -0.15) is 0 Å². The number of sulfonamides is 1. The highest BCUT2D eigenvalue weighted by Crippen LogP contribution is 2.37. The van der Waals surface area contributed by atoms with Crippen LogP contribution in [0.4, 0.5) is 5.69 Å². The zero-order chi connectivity index (χ0) is 20.0. The summed E-state index contributed by atoms with van der Waals surface area (Å²) in [5, 5.41) is 10.7. The summed E-state index contributed by atoms with van der Waals surface area (Å²) in [6.07, 6.45) is 3.77. The number of nitrogens with zero attached hydrogens (tertiary/aromatic N) is 2. The number of aliphatic hydroxyl groups is 1. The number of benzene rings is 1. The Hall–Kier alpha value is -1.11. The van der Waals surface area contributed by atoms with E-state index in [1.165, 1.54) is 23.4 Å². The molecule has 2 heterocycles. The van der Waals surface area contributed by atoms with Gasteiger partial charge in [-0.15, -0.1) is 0 Å². The van der Waals surface area contributed by atoms with Crippen LogP contribution in [0.3, 0.4) is 0 Å². The van der Waals surface area contributed by atoms with Gasteiger partial charge in [0.1, 0.15) is 0 Å². The van der Waals surface area contributed by atoms with Crippen LogP contribution in [-0.4, -0.2) is 50.4 Å². The summed E-state index contributed by atoms with van der Waals surface area (Å²) in [4.78, 5) is 2.35. The van der Waals surface area contributed by atoms with E-state index in [0.717, 1.165) is 35.8 Å². The van der Waals surface area contributed by atoms with Gasteiger partial charge in [0.2, 0.25) is 10.0 Å². The zero-order valence-electron chi connectivity index (χ0n) is 17.3. The van der Waals surface area contributed by atoms with Crippen LogP contribution < -0.4 is 4.31 Å². The first-order valence-corrected chi connectivity index (χ1v) is 11.8. The molecule has 152 valence electrons. The largest absolute Gasteiger partial charge is 0.387 e. The first-order chi connectivity index (χ1) is 12.5. The van der Waals surface area contributed by atoms with Gasteiger partial charge in [-0.1, -0.05) is 32.9 Å². The molecule has 0 amide bonds. The van der Waals surface area contributed by atoms with Gasteiger partial charge in [0.05, 0.1) is 18.0 Å². The molecule has 0 unspecified atom stereocenters. The zero-order valence-corrected chi connectivity index (χ0v) is 18.1. The second kappa shape index (κ2) is 7.37. The minimum Gasteiger partial charge on any atom is -0.387 e. The van der Waals surface area contributed by atoms with Crippen molar-refractivity contribution in [2.24, 2.45) is 11.3 Å². The fourth-order valence-corrected chi connectivity index (χ4v) is 5.93. The van der Waals surface area contributed by atoms with Crippen molar-refractivity contribution in [3.05, 3.63) is 29.3 Å². The molecule has 2 aliphatic rings. The highest BCUT2D eigenvalue weighted by Gasteiger charge is 2.33. The van der Waals surface area contributed by atoms with E-state index in [1.807, 2.05) is 25.1 Å². The lowest BCUT2D eigenvalue weighted by molar-refractivity contribution is 0.0653. The fraction of sp³-hybridized carbons (Fsp3) is 0.714. The number of anilines is 1. The highest BCUT2D eigenvalue weighted by molar-refractivity contribution is 7.92. The number of hydrogen-bond donors (Lipinski definition) is 1. The summed E-state index contributed by atoms with van der Waals surface area (Å²) < 4.78 is 25.6. The number of piperidine rings is 1. The lowest BCUT2D eigenvalue weighted by Gasteiger charge is -2.39. The van der Waals surface area contributed by atoms with Gasteiger partial charge in [0, 0.05) is 12.6 Å². The molecule has 0 aliphatic carbocycles. The Bertz CT molecular complexity index is 777. The summed E-state index contributed by atoms with van der Waals surface area (Å²) in [5.41, 5.74) is 3.00. The van der Waals surface area contributed by atoms with Gasteiger partial charge in [-0.3, -0.25) is 4.31 Å². The van der Waals surface area contributed by atoms with Crippen molar-refractivity contribution in [2.45, 2.75) is 59.1 Å². The molecule has 0 bridgehead atoms. The van der Waals surface area contributed by atoms with Crippen LogP contribution in [-0.2, 0) is 16.4 Å². The van der Waals surface area contributed by atoms with E-state index in [2.05, 4.69) is 25.7 Å². The van der Waals surface area contributed by atoms with Crippen LogP contribution in [0.2, 0.25) is 0 Å². The van der Waals surface area contributed by atoms with Crippen LogP contribution in [0.5, 0.6) is 0 Å². The van der Waals surface area contributed by atoms with Crippen LogP contribution >= 0.6 is 0 Å².